The number of ether oxygens (including phenoxy) is 7. The molecule has 0 aromatic heterocycles. The highest BCUT2D eigenvalue weighted by Gasteiger charge is 2.23. The van der Waals surface area contributed by atoms with E-state index in [0.717, 1.165) is 32.1 Å². The van der Waals surface area contributed by atoms with Crippen LogP contribution in [0.25, 0.3) is 0 Å². The van der Waals surface area contributed by atoms with Crippen LogP contribution >= 0.6 is 0 Å². The van der Waals surface area contributed by atoms with Crippen LogP contribution in [0.1, 0.15) is 72.3 Å². The van der Waals surface area contributed by atoms with Crippen molar-refractivity contribution in [2.75, 3.05) is 6.61 Å². The Morgan fingerprint density at radius 1 is 0.821 bits per heavy atom. The molecule has 39 heavy (non-hydrogen) atoms. The average Bonchev–Trinajstić information content (AvgIpc) is 2.84. The van der Waals surface area contributed by atoms with Gasteiger partial charge in [0.2, 0.25) is 0 Å². The van der Waals surface area contributed by atoms with Crippen LogP contribution in [0.15, 0.2) is 18.2 Å². The Kier molecular flexibility index (Phi) is 12.8. The van der Waals surface area contributed by atoms with Crippen molar-refractivity contribution in [3.63, 3.8) is 0 Å². The lowest BCUT2D eigenvalue weighted by Gasteiger charge is -2.22. The third-order valence-corrected chi connectivity index (χ3v) is 5.39. The van der Waals surface area contributed by atoms with E-state index in [9.17, 15) is 19.2 Å². The fourth-order valence-electron chi connectivity index (χ4n) is 3.65. The molecule has 1 aromatic carbocycles. The van der Waals surface area contributed by atoms with Gasteiger partial charge in [0.05, 0.1) is 12.2 Å². The number of benzene rings is 1. The van der Waals surface area contributed by atoms with E-state index in [2.05, 4.69) is 0 Å². The van der Waals surface area contributed by atoms with Crippen molar-refractivity contribution >= 4 is 24.4 Å². The van der Waals surface area contributed by atoms with E-state index in [1.54, 1.807) is 40.7 Å². The summed E-state index contributed by atoms with van der Waals surface area (Å²) in [6.45, 7) is 7.97. The van der Waals surface area contributed by atoms with Gasteiger partial charge in [-0.3, -0.25) is 4.79 Å². The quantitative estimate of drug-likeness (QED) is 0.226. The topological polar surface area (TPSA) is 159 Å². The summed E-state index contributed by atoms with van der Waals surface area (Å²) in [7, 11) is 0. The summed E-state index contributed by atoms with van der Waals surface area (Å²) in [6.07, 6.45) is 0.232. The van der Waals surface area contributed by atoms with Gasteiger partial charge >= 0.3 is 24.4 Å². The van der Waals surface area contributed by atoms with Crippen LogP contribution in [0.3, 0.4) is 0 Å². The van der Waals surface area contributed by atoms with Crippen LogP contribution < -0.4 is 15.2 Å². The van der Waals surface area contributed by atoms with E-state index in [1.807, 2.05) is 0 Å². The molecule has 1 aromatic rings. The molecule has 12 nitrogen and oxygen atoms in total. The molecule has 1 aliphatic carbocycles. The second kappa shape index (κ2) is 15.8. The summed E-state index contributed by atoms with van der Waals surface area (Å²) in [5.74, 6) is -0.945. The molecule has 2 atom stereocenters. The predicted octanol–water partition coefficient (Wildman–Crippen LogP) is 4.82. The van der Waals surface area contributed by atoms with Gasteiger partial charge in [0.15, 0.2) is 11.5 Å². The Morgan fingerprint density at radius 2 is 1.41 bits per heavy atom. The first kappa shape index (κ1) is 31.7. The first-order valence-corrected chi connectivity index (χ1v) is 13.1. The second-order valence-corrected chi connectivity index (χ2v) is 9.82. The maximum Gasteiger partial charge on any atom is 0.514 e. The molecule has 1 saturated carbocycles. The molecule has 0 radical (unpaired) electrons. The number of esters is 1. The van der Waals surface area contributed by atoms with Crippen LogP contribution in [-0.4, -0.2) is 61.5 Å². The summed E-state index contributed by atoms with van der Waals surface area (Å²) < 4.78 is 35.9. The van der Waals surface area contributed by atoms with Gasteiger partial charge in [-0.2, -0.15) is 0 Å². The second-order valence-electron chi connectivity index (χ2n) is 9.82. The largest absolute Gasteiger partial charge is 0.514 e. The normalized spacial score (nSPS) is 15.2. The molecule has 0 spiro atoms. The summed E-state index contributed by atoms with van der Waals surface area (Å²) >= 11 is 0. The number of rotatable bonds is 11. The van der Waals surface area contributed by atoms with Gasteiger partial charge in [-0.1, -0.05) is 12.5 Å². The predicted molar refractivity (Wildman–Crippen MR) is 137 cm³/mol. The maximum atomic E-state index is 12.5. The first-order valence-electron chi connectivity index (χ1n) is 13.1. The summed E-state index contributed by atoms with van der Waals surface area (Å²) in [5.41, 5.74) is 6.51. The summed E-state index contributed by atoms with van der Waals surface area (Å²) in [5, 5.41) is 0. The molecule has 12 heteroatoms. The summed E-state index contributed by atoms with van der Waals surface area (Å²) in [4.78, 5) is 48.4. The van der Waals surface area contributed by atoms with Crippen molar-refractivity contribution in [3.05, 3.63) is 23.8 Å². The van der Waals surface area contributed by atoms with Crippen molar-refractivity contribution < 1.29 is 52.3 Å². The Bertz CT molecular complexity index is 972. The van der Waals surface area contributed by atoms with Gasteiger partial charge in [-0.25, -0.2) is 14.4 Å². The van der Waals surface area contributed by atoms with Crippen molar-refractivity contribution in [2.45, 2.75) is 104 Å². The number of carbonyl (C=O) groups excluding carboxylic acids is 4. The smallest absolute Gasteiger partial charge is 0.458 e. The van der Waals surface area contributed by atoms with Gasteiger partial charge in [-0.15, -0.1) is 0 Å². The molecule has 0 heterocycles. The molecule has 0 bridgehead atoms. The SMILES string of the molecule is CC(C)OC(=O)Oc1ccc(C[C@H](N)C(=O)O[C@@H](C)COC(=O)OC2CCCCC2)cc1OC(=O)OC(C)C. The van der Waals surface area contributed by atoms with Gasteiger partial charge in [-0.05, 0) is 84.4 Å². The van der Waals surface area contributed by atoms with Crippen molar-refractivity contribution in [1.82, 2.24) is 0 Å². The van der Waals surface area contributed by atoms with Crippen molar-refractivity contribution in [3.8, 4) is 11.5 Å². The zero-order chi connectivity index (χ0) is 28.9. The van der Waals surface area contributed by atoms with E-state index in [0.29, 0.717) is 5.56 Å². The molecule has 0 amide bonds. The van der Waals surface area contributed by atoms with Crippen LogP contribution in [0, 0.1) is 0 Å². The number of nitrogens with two attached hydrogens (primary N) is 1. The van der Waals surface area contributed by atoms with Crippen LogP contribution in [0.2, 0.25) is 0 Å². The van der Waals surface area contributed by atoms with E-state index in [4.69, 9.17) is 38.9 Å². The van der Waals surface area contributed by atoms with Crippen LogP contribution in [0.5, 0.6) is 11.5 Å². The highest BCUT2D eigenvalue weighted by Crippen LogP contribution is 2.30. The van der Waals surface area contributed by atoms with E-state index < -0.39 is 48.8 Å². The highest BCUT2D eigenvalue weighted by atomic mass is 16.8. The van der Waals surface area contributed by atoms with Gasteiger partial charge < -0.3 is 38.9 Å². The first-order chi connectivity index (χ1) is 18.4. The standard InChI is InChI=1S/C27H39NO11/c1-16(2)34-26(31)38-22-12-11-19(14-23(22)39-27(32)35-17(3)4)13-21(28)24(29)36-18(5)15-33-25(30)37-20-9-7-6-8-10-20/h11-12,14,16-18,20-21H,6-10,13,15,28H2,1-5H3/t18-,21-/m0/s1. The molecule has 0 unspecified atom stereocenters. The molecule has 218 valence electrons. The average molecular weight is 554 g/mol. The monoisotopic (exact) mass is 553 g/mol. The summed E-state index contributed by atoms with van der Waals surface area (Å²) in [6, 6.07) is 3.22. The maximum absolute atomic E-state index is 12.5. The third-order valence-electron chi connectivity index (χ3n) is 5.39. The lowest BCUT2D eigenvalue weighted by atomic mass is 9.98. The fraction of sp³-hybridized carbons (Fsp3) is 0.630. The Morgan fingerprint density at radius 3 is 2.00 bits per heavy atom. The third kappa shape index (κ3) is 12.2. The lowest BCUT2D eigenvalue weighted by Crippen LogP contribution is -2.37. The Labute approximate surface area is 228 Å². The highest BCUT2D eigenvalue weighted by molar-refractivity contribution is 5.76. The van der Waals surface area contributed by atoms with Gasteiger partial charge in [0.1, 0.15) is 24.9 Å². The van der Waals surface area contributed by atoms with Gasteiger partial charge in [0, 0.05) is 0 Å². The van der Waals surface area contributed by atoms with E-state index in [1.165, 1.54) is 12.1 Å². The zero-order valence-electron chi connectivity index (χ0n) is 23.1. The molecule has 2 rings (SSSR count). The van der Waals surface area contributed by atoms with Gasteiger partial charge in [0.25, 0.3) is 0 Å². The molecule has 0 saturated heterocycles. The minimum atomic E-state index is -1.09. The van der Waals surface area contributed by atoms with Crippen molar-refractivity contribution in [2.24, 2.45) is 5.73 Å². The molecule has 0 aliphatic heterocycles. The van der Waals surface area contributed by atoms with Crippen LogP contribution in [-0.2, 0) is 34.9 Å². The van der Waals surface area contributed by atoms with E-state index >= 15 is 0 Å². The zero-order valence-corrected chi connectivity index (χ0v) is 23.1. The molecular formula is C27H39NO11. The molecular weight excluding hydrogens is 514 g/mol. The molecule has 1 fully saturated rings. The van der Waals surface area contributed by atoms with Crippen LogP contribution in [0.4, 0.5) is 14.4 Å². The fourth-order valence-corrected chi connectivity index (χ4v) is 3.65. The number of carbonyl (C=O) groups is 4. The lowest BCUT2D eigenvalue weighted by molar-refractivity contribution is -0.152. The Balaban J connectivity index is 1.94. The van der Waals surface area contributed by atoms with E-state index in [-0.39, 0.29) is 30.6 Å². The minimum absolute atomic E-state index is 0.00242. The number of hydrogen-bond donors (Lipinski definition) is 1. The van der Waals surface area contributed by atoms with Crippen molar-refractivity contribution in [1.29, 1.82) is 0 Å². The minimum Gasteiger partial charge on any atom is -0.458 e. The molecule has 2 N–H and O–H groups in total. The Hall–Kier alpha value is -3.54. The molecule has 1 aliphatic rings. The number of hydrogen-bond acceptors (Lipinski definition) is 12.